The van der Waals surface area contributed by atoms with Crippen LogP contribution in [0.15, 0.2) is 29.3 Å². The molecule has 1 aromatic carbocycles. The molecule has 10 N–H and O–H groups in total. The predicted molar refractivity (Wildman–Crippen MR) is 155 cm³/mol. The van der Waals surface area contributed by atoms with E-state index < -0.39 is 40.8 Å². The van der Waals surface area contributed by atoms with Gasteiger partial charge < -0.3 is 38.5 Å². The molecule has 0 radical (unpaired) electrons. The maximum atomic E-state index is 13.4. The molecule has 0 unspecified atom stereocenters. The fourth-order valence-electron chi connectivity index (χ4n) is 3.92. The Balaban J connectivity index is 3.12. The van der Waals surface area contributed by atoms with E-state index in [0.717, 1.165) is 0 Å². The molecule has 15 heteroatoms. The minimum Gasteiger partial charge on any atom is -0.370 e. The van der Waals surface area contributed by atoms with Gasteiger partial charge in [0.1, 0.15) is 18.1 Å². The van der Waals surface area contributed by atoms with E-state index >= 15 is 0 Å². The summed E-state index contributed by atoms with van der Waals surface area (Å²) in [7, 11) is 0. The number of carbonyl (C=O) groups is 4. The summed E-state index contributed by atoms with van der Waals surface area (Å²) in [5.41, 5.74) is 16.5. The van der Waals surface area contributed by atoms with Crippen molar-refractivity contribution < 1.29 is 24.1 Å². The smallest absolute Gasteiger partial charge is 0.269 e. The van der Waals surface area contributed by atoms with Crippen LogP contribution in [0.1, 0.15) is 59.3 Å². The van der Waals surface area contributed by atoms with Crippen LogP contribution in [0, 0.1) is 16.0 Å². The van der Waals surface area contributed by atoms with Crippen LogP contribution in [-0.4, -0.2) is 65.7 Å². The largest absolute Gasteiger partial charge is 0.370 e. The number of nitrogens with one attached hydrogen (secondary N) is 4. The first-order valence-corrected chi connectivity index (χ1v) is 13.5. The Morgan fingerprint density at radius 3 is 1.95 bits per heavy atom. The van der Waals surface area contributed by atoms with Gasteiger partial charge >= 0.3 is 0 Å². The lowest BCUT2D eigenvalue weighted by Crippen LogP contribution is -2.56. The van der Waals surface area contributed by atoms with Gasteiger partial charge in [-0.1, -0.05) is 13.8 Å². The normalized spacial score (nSPS) is 12.9. The second kappa shape index (κ2) is 18.1. The Labute approximate surface area is 239 Å². The van der Waals surface area contributed by atoms with E-state index in [9.17, 15) is 29.3 Å². The highest BCUT2D eigenvalue weighted by molar-refractivity contribution is 5.98. The molecule has 4 amide bonds. The quantitative estimate of drug-likeness (QED) is 0.0414. The molecule has 0 aliphatic heterocycles. The number of carbonyl (C=O) groups excluding carboxylic acids is 4. The third-order valence-electron chi connectivity index (χ3n) is 5.90. The number of rotatable bonds is 18. The van der Waals surface area contributed by atoms with Crippen LogP contribution < -0.4 is 38.5 Å². The monoisotopic (exact) mass is 577 g/mol. The van der Waals surface area contributed by atoms with E-state index in [0.29, 0.717) is 37.9 Å². The zero-order chi connectivity index (χ0) is 30.9. The highest BCUT2D eigenvalue weighted by Crippen LogP contribution is 2.16. The average Bonchev–Trinajstić information content (AvgIpc) is 2.88. The number of non-ortho nitro benzene ring substituents is 1. The number of nitrogens with zero attached hydrogens (tertiary/aromatic N) is 2. The molecule has 0 heterocycles. The van der Waals surface area contributed by atoms with Crippen LogP contribution in [0.2, 0.25) is 0 Å². The van der Waals surface area contributed by atoms with Gasteiger partial charge in [-0.15, -0.1) is 0 Å². The Morgan fingerprint density at radius 1 is 0.878 bits per heavy atom. The van der Waals surface area contributed by atoms with Gasteiger partial charge in [-0.25, -0.2) is 0 Å². The Bertz CT molecular complexity index is 1060. The molecule has 3 atom stereocenters. The molecular formula is C26H43N9O6. The molecule has 0 saturated carbocycles. The number of hydrogen-bond donors (Lipinski definition) is 7. The molecule has 0 saturated heterocycles. The molecule has 0 aliphatic rings. The Kier molecular flexibility index (Phi) is 15.4. The van der Waals surface area contributed by atoms with Crippen LogP contribution in [0.25, 0.3) is 0 Å². The molecule has 0 aromatic heterocycles. The molecule has 0 aliphatic carbocycles. The van der Waals surface area contributed by atoms with Crippen molar-refractivity contribution in [1.82, 2.24) is 16.0 Å². The third-order valence-corrected chi connectivity index (χ3v) is 5.90. The topological polar surface area (TPSA) is 250 Å². The molecule has 41 heavy (non-hydrogen) atoms. The molecular weight excluding hydrogens is 534 g/mol. The summed E-state index contributed by atoms with van der Waals surface area (Å²) in [6, 6.07) is 2.37. The number of anilines is 1. The van der Waals surface area contributed by atoms with Crippen molar-refractivity contribution in [2.24, 2.45) is 28.1 Å². The summed E-state index contributed by atoms with van der Waals surface area (Å²) >= 11 is 0. The molecule has 15 nitrogen and oxygen atoms in total. The van der Waals surface area contributed by atoms with Crippen molar-refractivity contribution in [3.05, 3.63) is 34.4 Å². The van der Waals surface area contributed by atoms with Crippen molar-refractivity contribution in [3.63, 3.8) is 0 Å². The van der Waals surface area contributed by atoms with Crippen LogP contribution in [0.4, 0.5) is 11.4 Å². The number of aliphatic imine (C=N–C) groups is 1. The Morgan fingerprint density at radius 2 is 1.44 bits per heavy atom. The van der Waals surface area contributed by atoms with E-state index in [-0.39, 0.29) is 42.9 Å². The molecule has 0 fully saturated rings. The van der Waals surface area contributed by atoms with E-state index in [2.05, 4.69) is 26.3 Å². The van der Waals surface area contributed by atoms with Crippen LogP contribution >= 0.6 is 0 Å². The second-order valence-electron chi connectivity index (χ2n) is 10.0. The molecule has 1 rings (SSSR count). The van der Waals surface area contributed by atoms with Crippen molar-refractivity contribution in [1.29, 1.82) is 0 Å². The minimum atomic E-state index is -1.04. The van der Waals surface area contributed by atoms with Crippen molar-refractivity contribution in [3.8, 4) is 0 Å². The third kappa shape index (κ3) is 14.1. The number of nitrogens with two attached hydrogens (primary N) is 3. The lowest BCUT2D eigenvalue weighted by Gasteiger charge is -2.26. The number of hydrogen-bond acceptors (Lipinski definition) is 8. The number of nitro groups is 1. The van der Waals surface area contributed by atoms with Gasteiger partial charge in [0.15, 0.2) is 5.96 Å². The Hall–Kier alpha value is -4.27. The molecule has 1 aromatic rings. The summed E-state index contributed by atoms with van der Waals surface area (Å²) in [5.74, 6) is -2.06. The zero-order valence-electron chi connectivity index (χ0n) is 23.9. The van der Waals surface area contributed by atoms with Gasteiger partial charge in [-0.3, -0.25) is 34.3 Å². The number of nitro benzene ring substituents is 1. The number of guanidine groups is 1. The molecule has 228 valence electrons. The average molecular weight is 578 g/mol. The predicted octanol–water partition coefficient (Wildman–Crippen LogP) is 0.236. The van der Waals surface area contributed by atoms with E-state index in [1.807, 2.05) is 13.8 Å². The van der Waals surface area contributed by atoms with E-state index in [1.165, 1.54) is 31.2 Å². The number of amides is 4. The minimum absolute atomic E-state index is 0.0971. The van der Waals surface area contributed by atoms with Crippen LogP contribution in [0.5, 0.6) is 0 Å². The maximum absolute atomic E-state index is 13.4. The first-order chi connectivity index (χ1) is 19.3. The van der Waals surface area contributed by atoms with Gasteiger partial charge in [-0.2, -0.15) is 0 Å². The summed E-state index contributed by atoms with van der Waals surface area (Å²) in [4.78, 5) is 65.6. The van der Waals surface area contributed by atoms with Gasteiger partial charge in [0.2, 0.25) is 23.6 Å². The van der Waals surface area contributed by atoms with Crippen LogP contribution in [0.3, 0.4) is 0 Å². The molecule has 0 bridgehead atoms. The summed E-state index contributed by atoms with van der Waals surface area (Å²) in [6.07, 6.45) is 2.28. The van der Waals surface area contributed by atoms with Crippen molar-refractivity contribution >= 4 is 41.0 Å². The van der Waals surface area contributed by atoms with E-state index in [4.69, 9.17) is 17.2 Å². The van der Waals surface area contributed by atoms with Gasteiger partial charge in [0.05, 0.1) is 4.92 Å². The van der Waals surface area contributed by atoms with Gasteiger partial charge in [0, 0.05) is 31.3 Å². The second-order valence-corrected chi connectivity index (χ2v) is 10.0. The number of benzene rings is 1. The first-order valence-electron chi connectivity index (χ1n) is 13.5. The van der Waals surface area contributed by atoms with Crippen molar-refractivity contribution in [2.45, 2.75) is 77.4 Å². The molecule has 0 spiro atoms. The van der Waals surface area contributed by atoms with Gasteiger partial charge in [0.25, 0.3) is 5.69 Å². The fraction of sp³-hybridized carbons (Fsp3) is 0.577. The maximum Gasteiger partial charge on any atom is 0.269 e. The fourth-order valence-corrected chi connectivity index (χ4v) is 3.92. The standard InChI is InChI=1S/C26H43N9O6/c1-16(2)15-22(31-17(3)36)25(39)34-20(7-4-5-13-27)24(38)33-21(8-6-14-30-26(28)29)23(37)32-18-9-11-19(12-10-18)35(40)41/h9-12,16,20-22H,4-8,13-15,27H2,1-3H3,(H,31,36)(H,32,37)(H,33,38)(H,34,39)(H4,28,29,30)/t20-,21-,22-/m0/s1. The van der Waals surface area contributed by atoms with Gasteiger partial charge in [-0.05, 0) is 63.1 Å². The van der Waals surface area contributed by atoms with Crippen molar-refractivity contribution in [2.75, 3.05) is 18.4 Å². The summed E-state index contributed by atoms with van der Waals surface area (Å²) in [5, 5.41) is 21.6. The van der Waals surface area contributed by atoms with Crippen LogP contribution in [-0.2, 0) is 19.2 Å². The highest BCUT2D eigenvalue weighted by atomic mass is 16.6. The number of unbranched alkanes of at least 4 members (excludes halogenated alkanes) is 1. The summed E-state index contributed by atoms with van der Waals surface area (Å²) in [6.45, 7) is 5.73. The zero-order valence-corrected chi connectivity index (χ0v) is 23.9. The SMILES string of the molecule is CC(=O)N[C@@H](CC(C)C)C(=O)N[C@@H](CCCCN)C(=O)N[C@@H](CCCN=C(N)N)C(=O)Nc1ccc([N+](=O)[O-])cc1. The first kappa shape index (κ1) is 34.8. The highest BCUT2D eigenvalue weighted by Gasteiger charge is 2.29. The lowest BCUT2D eigenvalue weighted by molar-refractivity contribution is -0.384. The van der Waals surface area contributed by atoms with E-state index in [1.54, 1.807) is 0 Å². The lowest BCUT2D eigenvalue weighted by atomic mass is 10.0. The summed E-state index contributed by atoms with van der Waals surface area (Å²) < 4.78 is 0.